The summed E-state index contributed by atoms with van der Waals surface area (Å²) in [5, 5.41) is 56.0. The maximum Gasteiger partial charge on any atom is 0.326 e. The van der Waals surface area contributed by atoms with E-state index in [0.717, 1.165) is 12.8 Å². The lowest BCUT2D eigenvalue weighted by molar-refractivity contribution is -0.142. The van der Waals surface area contributed by atoms with Crippen LogP contribution in [0.1, 0.15) is 132 Å². The summed E-state index contributed by atoms with van der Waals surface area (Å²) in [4.78, 5) is 147. The van der Waals surface area contributed by atoms with Crippen LogP contribution in [0.2, 0.25) is 0 Å². The zero-order valence-electron chi connectivity index (χ0n) is 49.2. The van der Waals surface area contributed by atoms with Crippen molar-refractivity contribution in [2.75, 3.05) is 39.3 Å². The van der Waals surface area contributed by atoms with E-state index in [4.69, 9.17) is 34.4 Å². The van der Waals surface area contributed by atoms with Crippen molar-refractivity contribution in [3.8, 4) is 0 Å². The van der Waals surface area contributed by atoms with E-state index in [1.54, 1.807) is 13.8 Å². The summed E-state index contributed by atoms with van der Waals surface area (Å²) in [5.74, 6) is -9.61. The molecule has 472 valence electrons. The summed E-state index contributed by atoms with van der Waals surface area (Å²) in [5.41, 5.74) is 34.5. The van der Waals surface area contributed by atoms with Crippen molar-refractivity contribution in [1.29, 1.82) is 0 Å². The number of hydrogen-bond donors (Lipinski definition) is 19. The maximum absolute atomic E-state index is 13.8. The molecular weight excluding hydrogens is 1070 g/mol. The smallest absolute Gasteiger partial charge is 0.326 e. The fourth-order valence-corrected chi connectivity index (χ4v) is 8.19. The van der Waals surface area contributed by atoms with E-state index in [9.17, 15) is 68.1 Å². The van der Waals surface area contributed by atoms with Crippen molar-refractivity contribution in [3.63, 3.8) is 0 Å². The molecule has 0 rings (SSSR count). The predicted octanol–water partition coefficient (Wildman–Crippen LogP) is -5.92. The van der Waals surface area contributed by atoms with Crippen molar-refractivity contribution >= 4 is 65.0 Å². The van der Waals surface area contributed by atoms with Gasteiger partial charge in [-0.1, -0.05) is 54.4 Å². The molecule has 0 aromatic carbocycles. The Labute approximate surface area is 481 Å². The number of aliphatic hydroxyl groups excluding tert-OH is 2. The molecule has 0 fully saturated rings. The van der Waals surface area contributed by atoms with E-state index < -0.39 is 151 Å². The molecule has 0 aliphatic carbocycles. The standard InChI is InChI=1S/C52H100N16O14/c1-9-29(6)11-10-12-40(71)60-33(14-20-54)46(75)68-42(31(8)70)51(80)63-35(16-22-56)45(74)64-37(52(81)82)18-24-59-50(79)41(30(7)69)67-47(76)36(17-23-57)61-44(73)34(15-21-55)62-48(77)39(26-28(4)5)66-49(78)38(25-27(2)3)65-43(72)32(58)13-19-53/h27-39,41-42,69-70H,9-26,53-58H2,1-8H3,(H,59,79)(H,60,71)(H,61,73)(H,62,77)(H,63,80)(H,64,74)(H,65,72)(H,66,78)(H,67,76)(H,68,75)(H,81,82)/t29?,30-,31-,32+,33+,34+,35+,36+,37+,38-,39+,41+,42+/m1/s1. The van der Waals surface area contributed by atoms with Gasteiger partial charge in [-0.2, -0.15) is 0 Å². The molecule has 30 nitrogen and oxygen atoms in total. The number of carboxylic acid groups (broad SMARTS) is 1. The van der Waals surface area contributed by atoms with Crippen LogP contribution in [0.25, 0.3) is 0 Å². The number of nitrogens with two attached hydrogens (primary N) is 6. The molecule has 0 heterocycles. The molecule has 30 heteroatoms. The Morgan fingerprint density at radius 1 is 0.402 bits per heavy atom. The van der Waals surface area contributed by atoms with Crippen LogP contribution in [-0.4, -0.2) is 192 Å². The Bertz CT molecular complexity index is 2030. The molecule has 13 atom stereocenters. The molecule has 82 heavy (non-hydrogen) atoms. The number of aliphatic hydroxyl groups is 2. The van der Waals surface area contributed by atoms with Crippen LogP contribution >= 0.6 is 0 Å². The topological polar surface area (TPSA) is 525 Å². The number of nitrogens with one attached hydrogen (secondary N) is 10. The third kappa shape index (κ3) is 29.7. The van der Waals surface area contributed by atoms with Gasteiger partial charge in [-0.15, -0.1) is 0 Å². The number of aliphatic carboxylic acids is 1. The number of carbonyl (C=O) groups is 11. The first kappa shape index (κ1) is 75.8. The first-order chi connectivity index (χ1) is 38.5. The summed E-state index contributed by atoms with van der Waals surface area (Å²) in [6.45, 7) is 12.9. The second kappa shape index (κ2) is 40.9. The van der Waals surface area contributed by atoms with Gasteiger partial charge in [-0.3, -0.25) is 47.9 Å². The Kier molecular flexibility index (Phi) is 37.9. The Morgan fingerprint density at radius 2 is 0.744 bits per heavy atom. The average Bonchev–Trinajstić information content (AvgIpc) is 3.39. The van der Waals surface area contributed by atoms with Gasteiger partial charge in [-0.25, -0.2) is 4.79 Å². The molecule has 0 spiro atoms. The first-order valence-electron chi connectivity index (χ1n) is 28.4. The van der Waals surface area contributed by atoms with Crippen LogP contribution in [0.15, 0.2) is 0 Å². The van der Waals surface area contributed by atoms with E-state index >= 15 is 0 Å². The van der Waals surface area contributed by atoms with Crippen LogP contribution in [-0.2, 0) is 52.7 Å². The zero-order chi connectivity index (χ0) is 62.8. The van der Waals surface area contributed by atoms with Gasteiger partial charge in [0, 0.05) is 13.0 Å². The van der Waals surface area contributed by atoms with Crippen LogP contribution < -0.4 is 87.6 Å². The number of amides is 10. The molecule has 1 unspecified atom stereocenters. The largest absolute Gasteiger partial charge is 0.480 e. The van der Waals surface area contributed by atoms with Gasteiger partial charge in [0.05, 0.1) is 18.2 Å². The number of rotatable bonds is 43. The molecule has 0 bridgehead atoms. The van der Waals surface area contributed by atoms with Gasteiger partial charge < -0.3 is 103 Å². The molecular formula is C52H100N16O14. The average molecular weight is 1170 g/mol. The minimum absolute atomic E-state index is 0.000934. The monoisotopic (exact) mass is 1170 g/mol. The second-order valence-electron chi connectivity index (χ2n) is 21.5. The van der Waals surface area contributed by atoms with Gasteiger partial charge in [0.2, 0.25) is 59.1 Å². The summed E-state index contributed by atoms with van der Waals surface area (Å²) >= 11 is 0. The number of hydrogen-bond acceptors (Lipinski definition) is 19. The number of carbonyl (C=O) groups excluding carboxylic acids is 10. The predicted molar refractivity (Wildman–Crippen MR) is 305 cm³/mol. The molecule has 10 amide bonds. The van der Waals surface area contributed by atoms with E-state index in [2.05, 4.69) is 60.1 Å². The molecule has 0 radical (unpaired) electrons. The lowest BCUT2D eigenvalue weighted by atomic mass is 9.99. The third-order valence-electron chi connectivity index (χ3n) is 13.1. The highest BCUT2D eigenvalue weighted by Crippen LogP contribution is 2.13. The highest BCUT2D eigenvalue weighted by atomic mass is 16.4. The minimum Gasteiger partial charge on any atom is -0.480 e. The van der Waals surface area contributed by atoms with E-state index in [0.29, 0.717) is 12.3 Å². The van der Waals surface area contributed by atoms with Gasteiger partial charge >= 0.3 is 5.97 Å². The normalized spacial score (nSPS) is 16.1. The third-order valence-corrected chi connectivity index (χ3v) is 13.1. The Balaban J connectivity index is 6.07. The summed E-state index contributed by atoms with van der Waals surface area (Å²) in [6.07, 6.45) is -1.19. The molecule has 25 N–H and O–H groups in total. The Morgan fingerprint density at radius 3 is 1.12 bits per heavy atom. The van der Waals surface area contributed by atoms with E-state index in [1.165, 1.54) is 13.8 Å². The van der Waals surface area contributed by atoms with Crippen molar-refractivity contribution in [3.05, 3.63) is 0 Å². The Hall–Kier alpha value is -6.15. The van der Waals surface area contributed by atoms with Crippen molar-refractivity contribution in [2.45, 2.75) is 205 Å². The SMILES string of the molecule is CCC(C)CCCC(=O)N[C@@H](CCN)C(=O)N[C@H](C(=O)N[C@@H](CCN)C(=O)N[C@@H](CCNC(=O)[C@@H](NC(=O)[C@H](CCN)NC(=O)[C@H](CCN)NC(=O)[C@H](CC(C)C)NC(=O)[C@@H](CC(C)C)NC(=O)[C@@H](N)CCN)[C@@H](C)O)C(=O)O)[C@@H](C)O. The van der Waals surface area contributed by atoms with Crippen LogP contribution in [0.5, 0.6) is 0 Å². The summed E-state index contributed by atoms with van der Waals surface area (Å²) in [7, 11) is 0. The maximum atomic E-state index is 13.8. The van der Waals surface area contributed by atoms with Crippen LogP contribution in [0.3, 0.4) is 0 Å². The highest BCUT2D eigenvalue weighted by Gasteiger charge is 2.36. The quantitative estimate of drug-likeness (QED) is 0.0270. The first-order valence-corrected chi connectivity index (χ1v) is 28.4. The minimum atomic E-state index is -1.70. The fourth-order valence-electron chi connectivity index (χ4n) is 8.19. The van der Waals surface area contributed by atoms with E-state index in [-0.39, 0.29) is 95.9 Å². The molecule has 0 aliphatic rings. The van der Waals surface area contributed by atoms with Gasteiger partial charge in [0.25, 0.3) is 0 Å². The van der Waals surface area contributed by atoms with Gasteiger partial charge in [0.15, 0.2) is 0 Å². The fraction of sp³-hybridized carbons (Fsp3) is 0.788. The lowest BCUT2D eigenvalue weighted by Crippen LogP contribution is -2.61. The van der Waals surface area contributed by atoms with Gasteiger partial charge in [-0.05, 0) is 122 Å². The van der Waals surface area contributed by atoms with Gasteiger partial charge in [0.1, 0.15) is 54.4 Å². The van der Waals surface area contributed by atoms with Crippen molar-refractivity contribution < 1.29 is 68.1 Å². The molecule has 0 aromatic heterocycles. The summed E-state index contributed by atoms with van der Waals surface area (Å²) in [6, 6.07) is -13.7. The molecule has 0 aromatic rings. The molecule has 0 saturated heterocycles. The van der Waals surface area contributed by atoms with Crippen molar-refractivity contribution in [1.82, 2.24) is 53.2 Å². The van der Waals surface area contributed by atoms with E-state index in [1.807, 2.05) is 20.8 Å². The molecule has 0 saturated carbocycles. The number of carboxylic acids is 1. The van der Waals surface area contributed by atoms with Crippen molar-refractivity contribution in [2.24, 2.45) is 52.2 Å². The van der Waals surface area contributed by atoms with Crippen LogP contribution in [0.4, 0.5) is 0 Å². The lowest BCUT2D eigenvalue weighted by Gasteiger charge is -2.28. The van der Waals surface area contributed by atoms with Crippen LogP contribution in [0, 0.1) is 17.8 Å². The summed E-state index contributed by atoms with van der Waals surface area (Å²) < 4.78 is 0. The zero-order valence-corrected chi connectivity index (χ0v) is 49.2. The molecule has 0 aliphatic heterocycles. The highest BCUT2D eigenvalue weighted by molar-refractivity contribution is 5.98. The second-order valence-corrected chi connectivity index (χ2v) is 21.5.